The number of alkyl carbamates (subject to hydrolysis) is 1. The Bertz CT molecular complexity index is 1180. The first kappa shape index (κ1) is 25.7. The molecule has 0 aliphatic carbocycles. The first-order chi connectivity index (χ1) is 17.4. The Labute approximate surface area is 206 Å². The molecule has 0 saturated carbocycles. The highest BCUT2D eigenvalue weighted by Gasteiger charge is 2.22. The molecule has 1 atom stereocenters. The van der Waals surface area contributed by atoms with E-state index in [-0.39, 0.29) is 19.6 Å². The maximum Gasteiger partial charge on any atom is 0.408 e. The van der Waals surface area contributed by atoms with Gasteiger partial charge in [0.25, 0.3) is 11.8 Å². The van der Waals surface area contributed by atoms with E-state index in [0.717, 1.165) is 5.56 Å². The van der Waals surface area contributed by atoms with Crippen molar-refractivity contribution < 1.29 is 28.6 Å². The van der Waals surface area contributed by atoms with Crippen molar-refractivity contribution in [1.29, 1.82) is 0 Å². The van der Waals surface area contributed by atoms with Crippen LogP contribution in [0, 0.1) is 0 Å². The number of hydrogen-bond acceptors (Lipinski definition) is 8. The fourth-order valence-corrected chi connectivity index (χ4v) is 3.01. The van der Waals surface area contributed by atoms with E-state index in [0.29, 0.717) is 22.8 Å². The summed E-state index contributed by atoms with van der Waals surface area (Å²) in [6, 6.07) is 13.0. The highest BCUT2D eigenvalue weighted by Crippen LogP contribution is 2.27. The second kappa shape index (κ2) is 13.1. The first-order valence-electron chi connectivity index (χ1n) is 10.8. The number of hydrogen-bond donors (Lipinski definition) is 4. The Kier molecular flexibility index (Phi) is 9.39. The number of carbonyl (C=O) groups is 3. The summed E-state index contributed by atoms with van der Waals surface area (Å²) in [6.45, 7) is -0.234. The first-order valence-corrected chi connectivity index (χ1v) is 10.8. The molecule has 12 heteroatoms. The van der Waals surface area contributed by atoms with E-state index < -0.39 is 23.9 Å². The largest absolute Gasteiger partial charge is 0.493 e. The number of amides is 3. The molecule has 0 aliphatic heterocycles. The van der Waals surface area contributed by atoms with Crippen LogP contribution < -0.4 is 25.9 Å². The van der Waals surface area contributed by atoms with E-state index in [2.05, 4.69) is 25.8 Å². The number of nitrogens with two attached hydrogens (primary N) is 1. The number of ether oxygens (including phenoxy) is 3. The van der Waals surface area contributed by atoms with Crippen molar-refractivity contribution in [3.05, 3.63) is 77.9 Å². The summed E-state index contributed by atoms with van der Waals surface area (Å²) >= 11 is 0. The van der Waals surface area contributed by atoms with Gasteiger partial charge in [0.2, 0.25) is 0 Å². The van der Waals surface area contributed by atoms with Crippen LogP contribution in [0.4, 0.5) is 4.79 Å². The molecule has 12 nitrogen and oxygen atoms in total. The minimum atomic E-state index is -0.981. The molecule has 0 unspecified atom stereocenters. The number of methoxy groups -OCH3 is 1. The van der Waals surface area contributed by atoms with Gasteiger partial charge >= 0.3 is 6.09 Å². The predicted octanol–water partition coefficient (Wildman–Crippen LogP) is 1.27. The summed E-state index contributed by atoms with van der Waals surface area (Å²) in [4.78, 5) is 42.8. The SMILES string of the molecule is COc1cc(/C=N\NC(=O)[C@@H](Cc2cnc[nH]2)NC(=O)OCc2ccccc2)ccc1OCC(N)=O. The van der Waals surface area contributed by atoms with E-state index in [9.17, 15) is 14.4 Å². The third-order valence-corrected chi connectivity index (χ3v) is 4.75. The Morgan fingerprint density at radius 1 is 1.17 bits per heavy atom. The van der Waals surface area contributed by atoms with E-state index in [1.807, 2.05) is 30.3 Å². The number of aromatic nitrogens is 2. The number of benzene rings is 2. The summed E-state index contributed by atoms with van der Waals surface area (Å²) in [7, 11) is 1.44. The van der Waals surface area contributed by atoms with Gasteiger partial charge in [-0.05, 0) is 29.3 Å². The average Bonchev–Trinajstić information content (AvgIpc) is 3.40. The maximum atomic E-state index is 12.8. The van der Waals surface area contributed by atoms with Gasteiger partial charge in [-0.15, -0.1) is 0 Å². The van der Waals surface area contributed by atoms with E-state index in [1.54, 1.807) is 24.4 Å². The molecule has 2 aromatic carbocycles. The summed E-state index contributed by atoms with van der Waals surface area (Å²) in [5.74, 6) is -0.500. The zero-order valence-electron chi connectivity index (χ0n) is 19.5. The van der Waals surface area contributed by atoms with Gasteiger partial charge in [0.05, 0.1) is 19.7 Å². The Hall–Kier alpha value is -4.87. The minimum absolute atomic E-state index is 0.0597. The van der Waals surface area contributed by atoms with Gasteiger partial charge < -0.3 is 30.2 Å². The van der Waals surface area contributed by atoms with Gasteiger partial charge in [-0.1, -0.05) is 30.3 Å². The van der Waals surface area contributed by atoms with Crippen LogP contribution in [0.15, 0.2) is 66.2 Å². The minimum Gasteiger partial charge on any atom is -0.493 e. The molecule has 36 heavy (non-hydrogen) atoms. The van der Waals surface area contributed by atoms with Crippen molar-refractivity contribution in [2.75, 3.05) is 13.7 Å². The summed E-state index contributed by atoms with van der Waals surface area (Å²) in [5, 5.41) is 6.51. The summed E-state index contributed by atoms with van der Waals surface area (Å²) in [6.07, 6.45) is 3.80. The molecular formula is C24H26N6O6. The van der Waals surface area contributed by atoms with Crippen LogP contribution in [0.5, 0.6) is 11.5 Å². The van der Waals surface area contributed by atoms with E-state index in [4.69, 9.17) is 19.9 Å². The average molecular weight is 495 g/mol. The smallest absolute Gasteiger partial charge is 0.408 e. The normalized spacial score (nSPS) is 11.5. The van der Waals surface area contributed by atoms with Gasteiger partial charge in [-0.25, -0.2) is 15.2 Å². The van der Waals surface area contributed by atoms with Crippen LogP contribution in [-0.2, 0) is 27.4 Å². The molecule has 0 saturated heterocycles. The Balaban J connectivity index is 1.61. The number of primary amides is 1. The molecule has 0 aliphatic rings. The number of aromatic amines is 1. The van der Waals surface area contributed by atoms with Gasteiger partial charge in [-0.2, -0.15) is 5.10 Å². The second-order valence-electron chi connectivity index (χ2n) is 7.44. The van der Waals surface area contributed by atoms with E-state index in [1.165, 1.54) is 19.7 Å². The summed E-state index contributed by atoms with van der Waals surface area (Å²) < 4.78 is 15.7. The lowest BCUT2D eigenvalue weighted by Crippen LogP contribution is -2.47. The monoisotopic (exact) mass is 494 g/mol. The number of carbonyl (C=O) groups excluding carboxylic acids is 3. The third-order valence-electron chi connectivity index (χ3n) is 4.75. The van der Waals surface area contributed by atoms with Gasteiger partial charge in [0.15, 0.2) is 18.1 Å². The molecule has 0 radical (unpaired) electrons. The number of nitrogens with one attached hydrogen (secondary N) is 3. The highest BCUT2D eigenvalue weighted by atomic mass is 16.5. The van der Waals surface area contributed by atoms with Crippen LogP contribution in [0.2, 0.25) is 0 Å². The topological polar surface area (TPSA) is 170 Å². The zero-order valence-corrected chi connectivity index (χ0v) is 19.5. The van der Waals surface area contributed by atoms with Crippen LogP contribution >= 0.6 is 0 Å². The van der Waals surface area contributed by atoms with Crippen LogP contribution in [-0.4, -0.2) is 53.8 Å². The third kappa shape index (κ3) is 8.17. The molecule has 3 rings (SSSR count). The van der Waals surface area contributed by atoms with Gasteiger partial charge in [0.1, 0.15) is 12.6 Å². The molecule has 188 valence electrons. The fourth-order valence-electron chi connectivity index (χ4n) is 3.01. The molecule has 5 N–H and O–H groups in total. The number of H-pyrrole nitrogens is 1. The molecule has 0 spiro atoms. The molecule has 0 fully saturated rings. The second-order valence-corrected chi connectivity index (χ2v) is 7.44. The molecular weight excluding hydrogens is 468 g/mol. The fraction of sp³-hybridized carbons (Fsp3) is 0.208. The van der Waals surface area contributed by atoms with Crippen LogP contribution in [0.1, 0.15) is 16.8 Å². The lowest BCUT2D eigenvalue weighted by atomic mass is 10.1. The van der Waals surface area contributed by atoms with E-state index >= 15 is 0 Å². The maximum absolute atomic E-state index is 12.8. The quantitative estimate of drug-likeness (QED) is 0.217. The van der Waals surface area contributed by atoms with Crippen molar-refractivity contribution in [3.63, 3.8) is 0 Å². The number of imidazole rings is 1. The highest BCUT2D eigenvalue weighted by molar-refractivity contribution is 5.87. The molecule has 1 heterocycles. The molecule has 3 amide bonds. The van der Waals surface area contributed by atoms with Crippen molar-refractivity contribution in [1.82, 2.24) is 20.7 Å². The number of nitrogens with zero attached hydrogens (tertiary/aromatic N) is 2. The van der Waals surface area contributed by atoms with Gasteiger partial charge in [-0.3, -0.25) is 9.59 Å². The molecule has 3 aromatic rings. The predicted molar refractivity (Wildman–Crippen MR) is 129 cm³/mol. The number of rotatable bonds is 12. The van der Waals surface area contributed by atoms with Crippen molar-refractivity contribution >= 4 is 24.1 Å². The lowest BCUT2D eigenvalue weighted by Gasteiger charge is -2.16. The van der Waals surface area contributed by atoms with Crippen molar-refractivity contribution in [2.45, 2.75) is 19.1 Å². The zero-order chi connectivity index (χ0) is 25.8. The van der Waals surface area contributed by atoms with Crippen LogP contribution in [0.3, 0.4) is 0 Å². The number of hydrazone groups is 1. The van der Waals surface area contributed by atoms with Crippen LogP contribution in [0.25, 0.3) is 0 Å². The lowest BCUT2D eigenvalue weighted by molar-refractivity contribution is -0.123. The van der Waals surface area contributed by atoms with Gasteiger partial charge in [0, 0.05) is 18.3 Å². The Morgan fingerprint density at radius 2 is 1.97 bits per heavy atom. The Morgan fingerprint density at radius 3 is 2.67 bits per heavy atom. The summed E-state index contributed by atoms with van der Waals surface area (Å²) in [5.41, 5.74) is 9.53. The van der Waals surface area contributed by atoms with Crippen molar-refractivity contribution in [2.24, 2.45) is 10.8 Å². The van der Waals surface area contributed by atoms with Crippen molar-refractivity contribution in [3.8, 4) is 11.5 Å². The molecule has 1 aromatic heterocycles. The molecule has 0 bridgehead atoms. The standard InChI is InChI=1S/C24H26N6O6/c1-34-21-9-17(7-8-20(21)35-14-22(25)31)11-28-30-23(32)19(10-18-12-26-15-27-18)29-24(33)36-13-16-5-3-2-4-6-16/h2-9,11-12,15,19H,10,13-14H2,1H3,(H2,25,31)(H,26,27)(H,29,33)(H,30,32)/b28-11-/t19-/m1/s1.